The van der Waals surface area contributed by atoms with Crippen molar-refractivity contribution >= 4 is 35.3 Å². The van der Waals surface area contributed by atoms with Crippen LogP contribution in [0.3, 0.4) is 0 Å². The van der Waals surface area contributed by atoms with Crippen molar-refractivity contribution < 1.29 is 19.2 Å². The monoisotopic (exact) mass is 394 g/mol. The summed E-state index contributed by atoms with van der Waals surface area (Å²) in [5.74, 6) is 0.652. The highest BCUT2D eigenvalue weighted by molar-refractivity contribution is 6.62. The Morgan fingerprint density at radius 3 is 2.48 bits per heavy atom. The predicted molar refractivity (Wildman–Crippen MR) is 111 cm³/mol. The standard InChI is InChI=1S/C20H23BN4O4/c1-12-7-6-8-17(22-12)25-11-14-15(23-18(26)27)9-13(10-16(14)24-25)21-28-19(2,3)20(4,5)29-21/h6-11,23H,1-5H3,(H,26,27). The van der Waals surface area contributed by atoms with Gasteiger partial charge in [0, 0.05) is 17.3 Å². The van der Waals surface area contributed by atoms with Crippen LogP contribution in [-0.2, 0) is 9.31 Å². The molecule has 4 rings (SSSR count). The van der Waals surface area contributed by atoms with E-state index < -0.39 is 24.4 Å². The average molecular weight is 394 g/mol. The SMILES string of the molecule is Cc1cccc(-n2cc3c(NC(=O)O)cc(B4OC(C)(C)C(C)(C)O4)cc3n2)n1. The van der Waals surface area contributed by atoms with E-state index in [2.05, 4.69) is 15.4 Å². The first kappa shape index (κ1) is 19.4. The second kappa shape index (κ2) is 6.57. The quantitative estimate of drug-likeness (QED) is 0.663. The second-order valence-corrected chi connectivity index (χ2v) is 8.23. The maximum atomic E-state index is 11.4. The smallest absolute Gasteiger partial charge is 0.465 e. The highest BCUT2D eigenvalue weighted by Crippen LogP contribution is 2.37. The molecule has 3 aromatic rings. The molecular weight excluding hydrogens is 371 g/mol. The molecule has 0 unspecified atom stereocenters. The van der Waals surface area contributed by atoms with Crippen LogP contribution < -0.4 is 10.8 Å². The van der Waals surface area contributed by atoms with Gasteiger partial charge in [0.05, 0.1) is 22.4 Å². The number of fused-ring (bicyclic) bond motifs is 1. The van der Waals surface area contributed by atoms with Gasteiger partial charge in [0.2, 0.25) is 0 Å². The molecule has 0 saturated carbocycles. The number of anilines is 1. The van der Waals surface area contributed by atoms with Crippen molar-refractivity contribution in [1.82, 2.24) is 14.8 Å². The number of aryl methyl sites for hydroxylation is 1. The lowest BCUT2D eigenvalue weighted by Gasteiger charge is -2.32. The van der Waals surface area contributed by atoms with E-state index >= 15 is 0 Å². The van der Waals surface area contributed by atoms with Crippen LogP contribution in [0.25, 0.3) is 16.7 Å². The topological polar surface area (TPSA) is 98.5 Å². The predicted octanol–water partition coefficient (Wildman–Crippen LogP) is 3.12. The molecule has 2 aromatic heterocycles. The maximum absolute atomic E-state index is 11.4. The maximum Gasteiger partial charge on any atom is 0.494 e. The van der Waals surface area contributed by atoms with Gasteiger partial charge in [-0.1, -0.05) is 6.07 Å². The number of hydrogen-bond donors (Lipinski definition) is 2. The Morgan fingerprint density at radius 1 is 1.17 bits per heavy atom. The summed E-state index contributed by atoms with van der Waals surface area (Å²) in [6, 6.07) is 9.24. The van der Waals surface area contributed by atoms with E-state index in [1.807, 2.05) is 58.9 Å². The van der Waals surface area contributed by atoms with Gasteiger partial charge >= 0.3 is 13.2 Å². The summed E-state index contributed by atoms with van der Waals surface area (Å²) >= 11 is 0. The molecule has 1 aliphatic heterocycles. The molecule has 1 aromatic carbocycles. The Hall–Kier alpha value is -2.91. The first-order chi connectivity index (χ1) is 13.6. The summed E-state index contributed by atoms with van der Waals surface area (Å²) in [7, 11) is -0.624. The Kier molecular flexibility index (Phi) is 4.40. The molecule has 8 nitrogen and oxygen atoms in total. The molecule has 150 valence electrons. The number of carbonyl (C=O) groups is 1. The molecule has 2 N–H and O–H groups in total. The first-order valence-electron chi connectivity index (χ1n) is 9.39. The third-order valence-electron chi connectivity index (χ3n) is 5.52. The normalized spacial score (nSPS) is 17.6. The number of nitrogens with one attached hydrogen (secondary N) is 1. The zero-order chi connectivity index (χ0) is 21.0. The first-order valence-corrected chi connectivity index (χ1v) is 9.39. The van der Waals surface area contributed by atoms with Gasteiger partial charge in [0.25, 0.3) is 0 Å². The van der Waals surface area contributed by atoms with E-state index in [1.54, 1.807) is 16.9 Å². The zero-order valence-electron chi connectivity index (χ0n) is 17.1. The Labute approximate surface area is 169 Å². The molecule has 0 atom stereocenters. The molecule has 1 saturated heterocycles. The molecule has 9 heteroatoms. The third kappa shape index (κ3) is 3.47. The summed E-state index contributed by atoms with van der Waals surface area (Å²) < 4.78 is 13.9. The summed E-state index contributed by atoms with van der Waals surface area (Å²) in [4.78, 5) is 15.8. The van der Waals surface area contributed by atoms with Crippen LogP contribution in [0.5, 0.6) is 0 Å². The van der Waals surface area contributed by atoms with Crippen molar-refractivity contribution in [2.24, 2.45) is 0 Å². The van der Waals surface area contributed by atoms with Gasteiger partial charge in [-0.15, -0.1) is 0 Å². The number of pyridine rings is 1. The average Bonchev–Trinajstić information content (AvgIpc) is 3.13. The van der Waals surface area contributed by atoms with Gasteiger partial charge in [-0.3, -0.25) is 5.32 Å². The molecule has 1 fully saturated rings. The van der Waals surface area contributed by atoms with E-state index in [1.165, 1.54) is 0 Å². The minimum absolute atomic E-state index is 0.415. The molecular formula is C20H23BN4O4. The van der Waals surface area contributed by atoms with Crippen molar-refractivity contribution in [3.63, 3.8) is 0 Å². The molecule has 0 aliphatic carbocycles. The van der Waals surface area contributed by atoms with Crippen LogP contribution in [0, 0.1) is 6.92 Å². The minimum Gasteiger partial charge on any atom is -0.465 e. The fourth-order valence-electron chi connectivity index (χ4n) is 3.25. The molecule has 1 aliphatic rings. The van der Waals surface area contributed by atoms with E-state index in [9.17, 15) is 9.90 Å². The van der Waals surface area contributed by atoms with Crippen molar-refractivity contribution in [3.05, 3.63) is 42.2 Å². The molecule has 0 bridgehead atoms. The lowest BCUT2D eigenvalue weighted by Crippen LogP contribution is -2.41. The van der Waals surface area contributed by atoms with Crippen LogP contribution in [0.2, 0.25) is 0 Å². The Bertz CT molecular complexity index is 1090. The van der Waals surface area contributed by atoms with Gasteiger partial charge in [-0.2, -0.15) is 5.10 Å². The molecule has 0 radical (unpaired) electrons. The van der Waals surface area contributed by atoms with Crippen molar-refractivity contribution in [2.75, 3.05) is 5.32 Å². The molecule has 1 amide bonds. The van der Waals surface area contributed by atoms with E-state index in [-0.39, 0.29) is 0 Å². The summed E-state index contributed by atoms with van der Waals surface area (Å²) in [6.07, 6.45) is 0.606. The highest BCUT2D eigenvalue weighted by atomic mass is 16.7. The summed E-state index contributed by atoms with van der Waals surface area (Å²) in [5, 5.41) is 17.0. The number of carboxylic acid groups (broad SMARTS) is 1. The van der Waals surface area contributed by atoms with Crippen LogP contribution in [0.15, 0.2) is 36.5 Å². The molecule has 3 heterocycles. The van der Waals surface area contributed by atoms with Crippen LogP contribution in [0.4, 0.5) is 10.5 Å². The van der Waals surface area contributed by atoms with E-state index in [0.29, 0.717) is 27.9 Å². The lowest BCUT2D eigenvalue weighted by atomic mass is 9.78. The molecule has 29 heavy (non-hydrogen) atoms. The number of aromatic nitrogens is 3. The van der Waals surface area contributed by atoms with Gasteiger partial charge in [-0.25, -0.2) is 14.5 Å². The Morgan fingerprint density at radius 2 is 1.86 bits per heavy atom. The van der Waals surface area contributed by atoms with E-state index in [4.69, 9.17) is 9.31 Å². The van der Waals surface area contributed by atoms with E-state index in [0.717, 1.165) is 5.69 Å². The summed E-state index contributed by atoms with van der Waals surface area (Å²) in [5.41, 5.74) is 1.59. The number of amides is 1. The fourth-order valence-corrected chi connectivity index (χ4v) is 3.25. The third-order valence-corrected chi connectivity index (χ3v) is 5.52. The van der Waals surface area contributed by atoms with Crippen molar-refractivity contribution in [2.45, 2.75) is 45.8 Å². The lowest BCUT2D eigenvalue weighted by molar-refractivity contribution is 0.00578. The van der Waals surface area contributed by atoms with Gasteiger partial charge < -0.3 is 14.4 Å². The number of hydrogen-bond acceptors (Lipinski definition) is 5. The zero-order valence-corrected chi connectivity index (χ0v) is 17.1. The minimum atomic E-state index is -1.15. The summed E-state index contributed by atoms with van der Waals surface area (Å²) in [6.45, 7) is 9.79. The number of rotatable bonds is 3. The number of benzene rings is 1. The largest absolute Gasteiger partial charge is 0.494 e. The van der Waals surface area contributed by atoms with Crippen LogP contribution in [0.1, 0.15) is 33.4 Å². The van der Waals surface area contributed by atoms with Crippen LogP contribution in [-0.4, -0.2) is 44.3 Å². The van der Waals surface area contributed by atoms with Gasteiger partial charge in [-0.05, 0) is 64.3 Å². The van der Waals surface area contributed by atoms with Crippen molar-refractivity contribution in [3.8, 4) is 5.82 Å². The van der Waals surface area contributed by atoms with Gasteiger partial charge in [0.15, 0.2) is 5.82 Å². The Balaban J connectivity index is 1.82. The van der Waals surface area contributed by atoms with Gasteiger partial charge in [0.1, 0.15) is 0 Å². The van der Waals surface area contributed by atoms with Crippen molar-refractivity contribution in [1.29, 1.82) is 0 Å². The molecule has 0 spiro atoms. The fraction of sp³-hybridized carbons (Fsp3) is 0.350. The highest BCUT2D eigenvalue weighted by Gasteiger charge is 2.51. The second-order valence-electron chi connectivity index (χ2n) is 8.23. The van der Waals surface area contributed by atoms with Crippen LogP contribution >= 0.6 is 0 Å². The number of nitrogens with zero attached hydrogens (tertiary/aromatic N) is 3.